The van der Waals surface area contributed by atoms with E-state index >= 15 is 0 Å². The number of amides is 4. The van der Waals surface area contributed by atoms with E-state index in [1.54, 1.807) is 43.3 Å². The number of nitrogens with one attached hydrogen (secondary N) is 2. The van der Waals surface area contributed by atoms with E-state index < -0.39 is 30.0 Å². The van der Waals surface area contributed by atoms with Crippen molar-refractivity contribution in [2.45, 2.75) is 12.5 Å². The Hall–Kier alpha value is -2.77. The van der Waals surface area contributed by atoms with Gasteiger partial charge in [0.25, 0.3) is 11.8 Å². The molecule has 1 saturated heterocycles. The molecule has 9 heteroatoms. The van der Waals surface area contributed by atoms with Crippen LogP contribution in [0, 0.1) is 0 Å². The molecule has 1 aliphatic rings. The predicted molar refractivity (Wildman–Crippen MR) is 99.3 cm³/mol. The van der Waals surface area contributed by atoms with Gasteiger partial charge in [-0.3, -0.25) is 15.0 Å². The average molecular weight is 408 g/mol. The lowest BCUT2D eigenvalue weighted by atomic mass is 9.92. The van der Waals surface area contributed by atoms with Crippen LogP contribution in [-0.2, 0) is 15.1 Å². The molecule has 0 bridgehead atoms. The van der Waals surface area contributed by atoms with Crippen LogP contribution in [0.5, 0.6) is 5.75 Å². The number of rotatable bonds is 5. The number of imide groups is 1. The maximum Gasteiger partial charge on any atom is 0.344 e. The molecule has 2 aromatic carbocycles. The quantitative estimate of drug-likeness (QED) is 0.745. The smallest absolute Gasteiger partial charge is 0.344 e. The van der Waals surface area contributed by atoms with Crippen molar-refractivity contribution >= 4 is 41.0 Å². The molecule has 7 nitrogen and oxygen atoms in total. The number of halogens is 2. The first-order valence-electron chi connectivity index (χ1n) is 7.91. The molecule has 1 unspecified atom stereocenters. The summed E-state index contributed by atoms with van der Waals surface area (Å²) in [5, 5.41) is 3.89. The van der Waals surface area contributed by atoms with E-state index in [0.717, 1.165) is 0 Å². The number of benzene rings is 2. The minimum atomic E-state index is -1.27. The Morgan fingerprint density at radius 1 is 1.19 bits per heavy atom. The van der Waals surface area contributed by atoms with Crippen LogP contribution in [0.2, 0.25) is 10.0 Å². The molecular formula is C18H15Cl2N3O4. The summed E-state index contributed by atoms with van der Waals surface area (Å²) in [6, 6.07) is 12.6. The number of hydrogen-bond acceptors (Lipinski definition) is 4. The van der Waals surface area contributed by atoms with Crippen molar-refractivity contribution in [2.75, 3.05) is 6.61 Å². The van der Waals surface area contributed by atoms with Gasteiger partial charge in [-0.05, 0) is 30.7 Å². The van der Waals surface area contributed by atoms with Gasteiger partial charge in [-0.2, -0.15) is 5.01 Å². The van der Waals surface area contributed by atoms with Crippen molar-refractivity contribution in [1.29, 1.82) is 0 Å². The third-order valence-electron chi connectivity index (χ3n) is 4.03. The molecule has 2 aromatic rings. The van der Waals surface area contributed by atoms with Crippen molar-refractivity contribution in [3.63, 3.8) is 0 Å². The van der Waals surface area contributed by atoms with E-state index in [4.69, 9.17) is 27.9 Å². The molecule has 1 fully saturated rings. The minimum Gasteiger partial charge on any atom is -0.482 e. The van der Waals surface area contributed by atoms with Crippen LogP contribution in [0.4, 0.5) is 4.79 Å². The van der Waals surface area contributed by atoms with Gasteiger partial charge in [-0.1, -0.05) is 53.5 Å². The summed E-state index contributed by atoms with van der Waals surface area (Å²) in [5.74, 6) is -1.04. The number of carbonyl (C=O) groups excluding carboxylic acids is 3. The summed E-state index contributed by atoms with van der Waals surface area (Å²) in [6.07, 6.45) is 0. The van der Waals surface area contributed by atoms with Crippen LogP contribution in [0.1, 0.15) is 12.5 Å². The average Bonchev–Trinajstić information content (AvgIpc) is 2.86. The second-order valence-corrected chi connectivity index (χ2v) is 6.80. The van der Waals surface area contributed by atoms with Gasteiger partial charge in [0.05, 0.1) is 5.02 Å². The number of hydrogen-bond donors (Lipinski definition) is 2. The van der Waals surface area contributed by atoms with Crippen LogP contribution >= 0.6 is 23.2 Å². The Balaban J connectivity index is 1.66. The first-order valence-corrected chi connectivity index (χ1v) is 8.66. The Morgan fingerprint density at radius 3 is 2.56 bits per heavy atom. The molecule has 2 N–H and O–H groups in total. The first-order chi connectivity index (χ1) is 12.8. The van der Waals surface area contributed by atoms with Crippen molar-refractivity contribution < 1.29 is 19.1 Å². The second-order valence-electron chi connectivity index (χ2n) is 5.96. The Labute approximate surface area is 165 Å². The van der Waals surface area contributed by atoms with Crippen molar-refractivity contribution in [3.05, 3.63) is 64.1 Å². The van der Waals surface area contributed by atoms with Gasteiger partial charge in [0.1, 0.15) is 11.3 Å². The lowest BCUT2D eigenvalue weighted by molar-refractivity contribution is -0.139. The molecule has 3 rings (SSSR count). The lowest BCUT2D eigenvalue weighted by Gasteiger charge is -2.22. The highest BCUT2D eigenvalue weighted by molar-refractivity contribution is 6.35. The zero-order valence-corrected chi connectivity index (χ0v) is 15.7. The zero-order chi connectivity index (χ0) is 19.6. The van der Waals surface area contributed by atoms with Gasteiger partial charge in [0.15, 0.2) is 6.61 Å². The molecule has 0 spiro atoms. The molecule has 1 heterocycles. The first kappa shape index (κ1) is 19.0. The molecule has 27 heavy (non-hydrogen) atoms. The molecule has 140 valence electrons. The monoisotopic (exact) mass is 407 g/mol. The van der Waals surface area contributed by atoms with Crippen LogP contribution in [0.25, 0.3) is 0 Å². The van der Waals surface area contributed by atoms with Crippen LogP contribution in [0.15, 0.2) is 48.5 Å². The van der Waals surface area contributed by atoms with Crippen molar-refractivity contribution in [1.82, 2.24) is 15.8 Å². The van der Waals surface area contributed by atoms with E-state index in [9.17, 15) is 14.4 Å². The van der Waals surface area contributed by atoms with Crippen LogP contribution < -0.4 is 15.5 Å². The van der Waals surface area contributed by atoms with Gasteiger partial charge in [0, 0.05) is 5.02 Å². The largest absolute Gasteiger partial charge is 0.482 e. The van der Waals surface area contributed by atoms with E-state index in [1.807, 2.05) is 0 Å². The minimum absolute atomic E-state index is 0.238. The summed E-state index contributed by atoms with van der Waals surface area (Å²) in [4.78, 5) is 37.0. The SMILES string of the molecule is CC1(c2ccccc2)NC(=O)N(NC(=O)COc2ccc(Cl)cc2Cl)C1=O. The summed E-state index contributed by atoms with van der Waals surface area (Å²) >= 11 is 11.8. The summed E-state index contributed by atoms with van der Waals surface area (Å²) in [6.45, 7) is 1.12. The Bertz CT molecular complexity index is 907. The topological polar surface area (TPSA) is 87.7 Å². The highest BCUT2D eigenvalue weighted by Gasteiger charge is 2.49. The summed E-state index contributed by atoms with van der Waals surface area (Å²) < 4.78 is 5.30. The maximum absolute atomic E-state index is 12.7. The van der Waals surface area contributed by atoms with Crippen LogP contribution in [-0.4, -0.2) is 29.5 Å². The molecular weight excluding hydrogens is 393 g/mol. The van der Waals surface area contributed by atoms with Gasteiger partial charge < -0.3 is 10.1 Å². The zero-order valence-electron chi connectivity index (χ0n) is 14.2. The number of ether oxygens (including phenoxy) is 1. The normalized spacial score (nSPS) is 19.0. The molecule has 0 aromatic heterocycles. The van der Waals surface area contributed by atoms with Crippen molar-refractivity contribution in [2.24, 2.45) is 0 Å². The highest BCUT2D eigenvalue weighted by atomic mass is 35.5. The highest BCUT2D eigenvalue weighted by Crippen LogP contribution is 2.28. The third-order valence-corrected chi connectivity index (χ3v) is 4.56. The number of nitrogens with zero attached hydrogens (tertiary/aromatic N) is 1. The summed E-state index contributed by atoms with van der Waals surface area (Å²) in [5.41, 5.74) is 1.57. The van der Waals surface area contributed by atoms with Gasteiger partial charge in [0.2, 0.25) is 0 Å². The summed E-state index contributed by atoms with van der Waals surface area (Å²) in [7, 11) is 0. The van der Waals surface area contributed by atoms with Crippen molar-refractivity contribution in [3.8, 4) is 5.75 Å². The van der Waals surface area contributed by atoms with Gasteiger partial charge >= 0.3 is 6.03 Å². The molecule has 0 aliphatic carbocycles. The van der Waals surface area contributed by atoms with Gasteiger partial charge in [-0.25, -0.2) is 4.79 Å². The fourth-order valence-electron chi connectivity index (χ4n) is 2.60. The Kier molecular flexibility index (Phi) is 5.25. The maximum atomic E-state index is 12.7. The number of urea groups is 1. The Morgan fingerprint density at radius 2 is 1.89 bits per heavy atom. The standard InChI is InChI=1S/C18H15Cl2N3O4/c1-18(11-5-3-2-4-6-11)16(25)23(17(26)21-18)22-15(24)10-27-14-8-7-12(19)9-13(14)20/h2-9H,10H2,1H3,(H,21,26)(H,22,24). The van der Waals surface area contributed by atoms with Gasteiger partial charge in [-0.15, -0.1) is 0 Å². The molecule has 1 aliphatic heterocycles. The molecule has 1 atom stereocenters. The molecule has 0 saturated carbocycles. The van der Waals surface area contributed by atoms with E-state index in [0.29, 0.717) is 15.6 Å². The van der Waals surface area contributed by atoms with E-state index in [2.05, 4.69) is 10.7 Å². The molecule has 0 radical (unpaired) electrons. The van der Waals surface area contributed by atoms with E-state index in [-0.39, 0.29) is 10.8 Å². The number of carbonyl (C=O) groups is 3. The lowest BCUT2D eigenvalue weighted by Crippen LogP contribution is -2.49. The van der Waals surface area contributed by atoms with E-state index in [1.165, 1.54) is 12.1 Å². The fourth-order valence-corrected chi connectivity index (χ4v) is 3.06. The predicted octanol–water partition coefficient (Wildman–Crippen LogP) is 2.87. The third kappa shape index (κ3) is 3.84. The number of hydrazine groups is 1. The van der Waals surface area contributed by atoms with Crippen LogP contribution in [0.3, 0.4) is 0 Å². The fraction of sp³-hybridized carbons (Fsp3) is 0.167. The second kappa shape index (κ2) is 7.46. The molecule has 4 amide bonds.